The van der Waals surface area contributed by atoms with Crippen LogP contribution in [0.3, 0.4) is 0 Å². The molecule has 0 aliphatic rings. The highest BCUT2D eigenvalue weighted by molar-refractivity contribution is 5.84. The molecule has 2 aromatic carbocycles. The van der Waals surface area contributed by atoms with E-state index >= 15 is 0 Å². The lowest BCUT2D eigenvalue weighted by molar-refractivity contribution is 0.0432. The van der Waals surface area contributed by atoms with Crippen molar-refractivity contribution >= 4 is 10.8 Å². The second-order valence-corrected chi connectivity index (χ2v) is 4.68. The van der Waals surface area contributed by atoms with Gasteiger partial charge in [0.15, 0.2) is 0 Å². The Balaban J connectivity index is 2.53. The Morgan fingerprint density at radius 1 is 1.11 bits per heavy atom. The smallest absolute Gasteiger partial charge is 0.260 e. The lowest BCUT2D eigenvalue weighted by Crippen LogP contribution is -2.43. The van der Waals surface area contributed by atoms with E-state index in [-0.39, 0.29) is 0 Å². The molecule has 0 amide bonds. The standard InChI is InChI=1S/C15H17F2NO/c1-15(18-2,14(16)17)12-6-4-11-9-13(19-3)7-5-10(11)8-12/h4-9,14,18H,1-3H3. The summed E-state index contributed by atoms with van der Waals surface area (Å²) in [4.78, 5) is 0. The zero-order chi connectivity index (χ0) is 14.0. The molecular weight excluding hydrogens is 248 g/mol. The molecule has 0 aliphatic carbocycles. The number of fused-ring (bicyclic) bond motifs is 1. The SMILES string of the molecule is CNC(C)(c1ccc2cc(OC)ccc2c1)C(F)F. The molecule has 4 heteroatoms. The second kappa shape index (κ2) is 5.13. The highest BCUT2D eigenvalue weighted by atomic mass is 19.3. The van der Waals surface area contributed by atoms with E-state index < -0.39 is 12.0 Å². The van der Waals surface area contributed by atoms with Gasteiger partial charge in [-0.05, 0) is 48.5 Å². The minimum Gasteiger partial charge on any atom is -0.497 e. The van der Waals surface area contributed by atoms with Crippen LogP contribution in [0.2, 0.25) is 0 Å². The normalized spacial score (nSPS) is 14.6. The summed E-state index contributed by atoms with van der Waals surface area (Å²) >= 11 is 0. The number of alkyl halides is 2. The number of hydrogen-bond donors (Lipinski definition) is 1. The van der Waals surface area contributed by atoms with E-state index in [1.165, 1.54) is 6.92 Å². The number of ether oxygens (including phenoxy) is 1. The summed E-state index contributed by atoms with van der Waals surface area (Å²) in [6.45, 7) is 1.50. The van der Waals surface area contributed by atoms with Gasteiger partial charge in [-0.3, -0.25) is 0 Å². The third-order valence-corrected chi connectivity index (χ3v) is 3.60. The van der Waals surface area contributed by atoms with Crippen LogP contribution in [0.25, 0.3) is 10.8 Å². The van der Waals surface area contributed by atoms with Crippen LogP contribution in [0, 0.1) is 0 Å². The van der Waals surface area contributed by atoms with Crippen molar-refractivity contribution < 1.29 is 13.5 Å². The molecule has 0 bridgehead atoms. The molecule has 2 nitrogen and oxygen atoms in total. The fraction of sp³-hybridized carbons (Fsp3) is 0.333. The molecule has 0 saturated heterocycles. The Morgan fingerprint density at radius 2 is 1.74 bits per heavy atom. The van der Waals surface area contributed by atoms with E-state index in [1.54, 1.807) is 26.3 Å². The van der Waals surface area contributed by atoms with Crippen LogP contribution in [0.4, 0.5) is 8.78 Å². The summed E-state index contributed by atoms with van der Waals surface area (Å²) in [5.74, 6) is 0.755. The van der Waals surface area contributed by atoms with Gasteiger partial charge in [0.25, 0.3) is 6.43 Å². The van der Waals surface area contributed by atoms with Gasteiger partial charge < -0.3 is 10.1 Å². The number of nitrogens with one attached hydrogen (secondary N) is 1. The fourth-order valence-electron chi connectivity index (χ4n) is 2.05. The molecule has 0 spiro atoms. The van der Waals surface area contributed by atoms with Crippen LogP contribution in [0.5, 0.6) is 5.75 Å². The van der Waals surface area contributed by atoms with Crippen molar-refractivity contribution in [3.8, 4) is 5.75 Å². The van der Waals surface area contributed by atoms with Crippen LogP contribution in [-0.2, 0) is 5.54 Å². The van der Waals surface area contributed by atoms with Crippen molar-refractivity contribution in [1.29, 1.82) is 0 Å². The molecule has 102 valence electrons. The number of methoxy groups -OCH3 is 1. The molecule has 0 aromatic heterocycles. The number of halogens is 2. The summed E-state index contributed by atoms with van der Waals surface area (Å²) in [5.41, 5.74) is -0.767. The van der Waals surface area contributed by atoms with Gasteiger partial charge in [-0.1, -0.05) is 18.2 Å². The van der Waals surface area contributed by atoms with Crippen LogP contribution in [0.15, 0.2) is 36.4 Å². The van der Waals surface area contributed by atoms with E-state index in [2.05, 4.69) is 5.32 Å². The maximum Gasteiger partial charge on any atom is 0.260 e. The van der Waals surface area contributed by atoms with Gasteiger partial charge in [0, 0.05) is 0 Å². The molecule has 2 rings (SSSR count). The summed E-state index contributed by atoms with van der Waals surface area (Å²) in [6.07, 6.45) is -2.48. The first-order chi connectivity index (χ1) is 9.01. The second-order valence-electron chi connectivity index (χ2n) is 4.68. The summed E-state index contributed by atoms with van der Waals surface area (Å²) in [7, 11) is 3.15. The highest BCUT2D eigenvalue weighted by Gasteiger charge is 2.35. The van der Waals surface area contributed by atoms with E-state index in [9.17, 15) is 8.78 Å². The molecule has 0 fully saturated rings. The lowest BCUT2D eigenvalue weighted by atomic mass is 9.91. The van der Waals surface area contributed by atoms with Gasteiger partial charge in [0.2, 0.25) is 0 Å². The van der Waals surface area contributed by atoms with Crippen molar-refractivity contribution in [2.75, 3.05) is 14.2 Å². The molecule has 0 radical (unpaired) electrons. The molecule has 1 atom stereocenters. The molecular formula is C15H17F2NO. The maximum absolute atomic E-state index is 13.2. The van der Waals surface area contributed by atoms with Gasteiger partial charge in [-0.2, -0.15) is 0 Å². The van der Waals surface area contributed by atoms with Crippen LogP contribution < -0.4 is 10.1 Å². The van der Waals surface area contributed by atoms with Crippen molar-refractivity contribution in [1.82, 2.24) is 5.32 Å². The Hall–Kier alpha value is -1.68. The predicted octanol–water partition coefficient (Wildman–Crippen LogP) is 3.55. The zero-order valence-corrected chi connectivity index (χ0v) is 11.2. The first-order valence-electron chi connectivity index (χ1n) is 6.06. The van der Waals surface area contributed by atoms with Crippen molar-refractivity contribution in [2.45, 2.75) is 18.9 Å². The summed E-state index contributed by atoms with van der Waals surface area (Å²) < 4.78 is 31.6. The molecule has 1 unspecified atom stereocenters. The Bertz CT molecular complexity index is 585. The van der Waals surface area contributed by atoms with Gasteiger partial charge in [0.1, 0.15) is 11.3 Å². The van der Waals surface area contributed by atoms with E-state index in [0.29, 0.717) is 5.56 Å². The Kier molecular flexibility index (Phi) is 3.71. The fourth-order valence-corrected chi connectivity index (χ4v) is 2.05. The Morgan fingerprint density at radius 3 is 2.32 bits per heavy atom. The third kappa shape index (κ3) is 2.40. The monoisotopic (exact) mass is 265 g/mol. The van der Waals surface area contributed by atoms with Crippen LogP contribution in [0.1, 0.15) is 12.5 Å². The van der Waals surface area contributed by atoms with Crippen molar-refractivity contribution in [3.63, 3.8) is 0 Å². The lowest BCUT2D eigenvalue weighted by Gasteiger charge is -2.29. The largest absolute Gasteiger partial charge is 0.497 e. The molecule has 0 aliphatic heterocycles. The molecule has 0 saturated carbocycles. The van der Waals surface area contributed by atoms with Crippen LogP contribution in [-0.4, -0.2) is 20.6 Å². The van der Waals surface area contributed by atoms with Gasteiger partial charge >= 0.3 is 0 Å². The molecule has 2 aromatic rings. The number of benzene rings is 2. The Labute approximate surface area is 111 Å². The topological polar surface area (TPSA) is 21.3 Å². The quantitative estimate of drug-likeness (QED) is 0.912. The van der Waals surface area contributed by atoms with Crippen molar-refractivity contribution in [3.05, 3.63) is 42.0 Å². The predicted molar refractivity (Wildman–Crippen MR) is 72.9 cm³/mol. The van der Waals surface area contributed by atoms with Gasteiger partial charge in [0.05, 0.1) is 7.11 Å². The van der Waals surface area contributed by atoms with Crippen LogP contribution >= 0.6 is 0 Å². The highest BCUT2D eigenvalue weighted by Crippen LogP contribution is 2.31. The third-order valence-electron chi connectivity index (χ3n) is 3.60. The molecule has 0 heterocycles. The first-order valence-corrected chi connectivity index (χ1v) is 6.06. The van der Waals surface area contributed by atoms with E-state index in [4.69, 9.17) is 4.74 Å². The average Bonchev–Trinajstić information content (AvgIpc) is 2.44. The minimum absolute atomic E-state index is 0.572. The van der Waals surface area contributed by atoms with Gasteiger partial charge in [-0.25, -0.2) is 8.78 Å². The molecule has 19 heavy (non-hydrogen) atoms. The summed E-state index contributed by atoms with van der Waals surface area (Å²) in [6, 6.07) is 10.9. The molecule has 1 N–H and O–H groups in total. The van der Waals surface area contributed by atoms with Crippen molar-refractivity contribution in [2.24, 2.45) is 0 Å². The maximum atomic E-state index is 13.2. The summed E-state index contributed by atoms with van der Waals surface area (Å²) in [5, 5.41) is 4.59. The number of rotatable bonds is 4. The van der Waals surface area contributed by atoms with Gasteiger partial charge in [-0.15, -0.1) is 0 Å². The average molecular weight is 265 g/mol. The zero-order valence-electron chi connectivity index (χ0n) is 11.2. The van der Waals surface area contributed by atoms with E-state index in [1.807, 2.05) is 24.3 Å². The number of hydrogen-bond acceptors (Lipinski definition) is 2. The van der Waals surface area contributed by atoms with E-state index in [0.717, 1.165) is 16.5 Å². The first kappa shape index (κ1) is 13.7. The minimum atomic E-state index is -2.48.